The summed E-state index contributed by atoms with van der Waals surface area (Å²) >= 11 is 1.41. The van der Waals surface area contributed by atoms with Crippen LogP contribution >= 0.6 is 11.3 Å². The fraction of sp³-hybridized carbons (Fsp3) is 0.500. The molecule has 1 aromatic heterocycles. The summed E-state index contributed by atoms with van der Waals surface area (Å²) in [6.45, 7) is 4.53. The van der Waals surface area contributed by atoms with E-state index in [0.717, 1.165) is 48.1 Å². The third-order valence-corrected chi connectivity index (χ3v) is 7.15. The lowest BCUT2D eigenvalue weighted by atomic mass is 10.0. The van der Waals surface area contributed by atoms with Crippen molar-refractivity contribution in [1.82, 2.24) is 9.29 Å². The van der Waals surface area contributed by atoms with Crippen molar-refractivity contribution in [2.45, 2.75) is 52.0 Å². The molecule has 0 radical (unpaired) electrons. The van der Waals surface area contributed by atoms with Crippen LogP contribution in [0.2, 0.25) is 0 Å². The van der Waals surface area contributed by atoms with Crippen LogP contribution in [-0.4, -0.2) is 42.5 Å². The molecule has 0 aliphatic carbocycles. The van der Waals surface area contributed by atoms with E-state index in [1.165, 1.54) is 21.2 Å². The van der Waals surface area contributed by atoms with Crippen molar-refractivity contribution in [1.29, 1.82) is 0 Å². The molecule has 1 aliphatic rings. The third-order valence-electron chi connectivity index (χ3n) is 4.98. The van der Waals surface area contributed by atoms with E-state index in [2.05, 4.69) is 41.5 Å². The Labute approximate surface area is 171 Å². The molecule has 1 amide bonds. The lowest BCUT2D eigenvalue weighted by molar-refractivity contribution is -0.120. The number of nitrogens with zero attached hydrogens (tertiary/aromatic N) is 2. The van der Waals surface area contributed by atoms with Crippen LogP contribution in [0.3, 0.4) is 0 Å². The molecule has 0 saturated carbocycles. The Balaban J connectivity index is 1.76. The van der Waals surface area contributed by atoms with Gasteiger partial charge in [-0.3, -0.25) is 4.79 Å². The highest BCUT2D eigenvalue weighted by Gasteiger charge is 2.34. The van der Waals surface area contributed by atoms with E-state index in [9.17, 15) is 13.2 Å². The maximum Gasteiger partial charge on any atom is 0.244 e. The second-order valence-electron chi connectivity index (χ2n) is 7.25. The maximum atomic E-state index is 12.7. The molecule has 1 fully saturated rings. The van der Waals surface area contributed by atoms with Crippen molar-refractivity contribution in [2.24, 2.45) is 0 Å². The lowest BCUT2D eigenvalue weighted by Crippen LogP contribution is -2.49. The van der Waals surface area contributed by atoms with Gasteiger partial charge >= 0.3 is 0 Å². The number of sulfonamides is 1. The van der Waals surface area contributed by atoms with Gasteiger partial charge in [0.2, 0.25) is 15.9 Å². The highest BCUT2D eigenvalue weighted by molar-refractivity contribution is 7.88. The SMILES string of the molecule is CCCc1ccc(-c2nc(NC(=O)C3CCCCN3S(C)(=O)=O)sc2C)cc1. The second-order valence-corrected chi connectivity index (χ2v) is 10.4. The van der Waals surface area contributed by atoms with E-state index in [-0.39, 0.29) is 5.91 Å². The average Bonchev–Trinajstić information content (AvgIpc) is 3.02. The summed E-state index contributed by atoms with van der Waals surface area (Å²) in [5.41, 5.74) is 3.17. The van der Waals surface area contributed by atoms with Gasteiger partial charge in [0.15, 0.2) is 5.13 Å². The van der Waals surface area contributed by atoms with Crippen molar-refractivity contribution >= 4 is 32.4 Å². The molecule has 152 valence electrons. The number of benzene rings is 1. The lowest BCUT2D eigenvalue weighted by Gasteiger charge is -2.32. The van der Waals surface area contributed by atoms with E-state index in [4.69, 9.17) is 0 Å². The zero-order chi connectivity index (χ0) is 20.3. The van der Waals surface area contributed by atoms with Gasteiger partial charge in [0, 0.05) is 17.0 Å². The Morgan fingerprint density at radius 1 is 1.29 bits per heavy atom. The van der Waals surface area contributed by atoms with Crippen LogP contribution < -0.4 is 5.32 Å². The number of amides is 1. The van der Waals surface area contributed by atoms with Gasteiger partial charge in [-0.15, -0.1) is 11.3 Å². The van der Waals surface area contributed by atoms with Crippen LogP contribution in [0.1, 0.15) is 43.0 Å². The minimum absolute atomic E-state index is 0.302. The molecular formula is C20H27N3O3S2. The number of carbonyl (C=O) groups excluding carboxylic acids is 1. The molecule has 2 heterocycles. The summed E-state index contributed by atoms with van der Waals surface area (Å²) in [5, 5.41) is 3.35. The predicted molar refractivity (Wildman–Crippen MR) is 114 cm³/mol. The molecule has 2 aromatic rings. The first-order valence-corrected chi connectivity index (χ1v) is 12.3. The monoisotopic (exact) mass is 421 g/mol. The Hall–Kier alpha value is -1.77. The van der Waals surface area contributed by atoms with E-state index >= 15 is 0 Å². The Bertz CT molecular complexity index is 936. The van der Waals surface area contributed by atoms with E-state index in [0.29, 0.717) is 18.1 Å². The van der Waals surface area contributed by atoms with Crippen LogP contribution in [0.5, 0.6) is 0 Å². The normalized spacial score (nSPS) is 18.2. The number of thiazole rings is 1. The molecule has 1 aliphatic heterocycles. The molecule has 0 spiro atoms. The summed E-state index contributed by atoms with van der Waals surface area (Å²) in [6, 6.07) is 7.69. The van der Waals surface area contributed by atoms with Gasteiger partial charge in [-0.2, -0.15) is 4.31 Å². The van der Waals surface area contributed by atoms with Gasteiger partial charge in [-0.1, -0.05) is 44.0 Å². The molecule has 6 nitrogen and oxygen atoms in total. The molecule has 1 aromatic carbocycles. The fourth-order valence-electron chi connectivity index (χ4n) is 3.59. The van der Waals surface area contributed by atoms with Crippen molar-refractivity contribution in [3.63, 3.8) is 0 Å². The van der Waals surface area contributed by atoms with Crippen molar-refractivity contribution < 1.29 is 13.2 Å². The number of piperidine rings is 1. The number of hydrogen-bond donors (Lipinski definition) is 1. The quantitative estimate of drug-likeness (QED) is 0.769. The number of nitrogens with one attached hydrogen (secondary N) is 1. The predicted octanol–water partition coefficient (Wildman–Crippen LogP) is 3.82. The zero-order valence-corrected chi connectivity index (χ0v) is 18.2. The summed E-state index contributed by atoms with van der Waals surface area (Å²) in [6.07, 6.45) is 5.48. The number of aryl methyl sites for hydroxylation is 2. The molecule has 1 saturated heterocycles. The van der Waals surface area contributed by atoms with Gasteiger partial charge in [-0.25, -0.2) is 13.4 Å². The van der Waals surface area contributed by atoms with Crippen LogP contribution in [0.4, 0.5) is 5.13 Å². The topological polar surface area (TPSA) is 79.4 Å². The summed E-state index contributed by atoms with van der Waals surface area (Å²) in [7, 11) is -3.41. The zero-order valence-electron chi connectivity index (χ0n) is 16.6. The van der Waals surface area contributed by atoms with Gasteiger partial charge in [0.1, 0.15) is 6.04 Å². The summed E-state index contributed by atoms with van der Waals surface area (Å²) in [4.78, 5) is 18.4. The molecule has 0 bridgehead atoms. The highest BCUT2D eigenvalue weighted by atomic mass is 32.2. The Morgan fingerprint density at radius 3 is 2.64 bits per heavy atom. The number of anilines is 1. The smallest absolute Gasteiger partial charge is 0.244 e. The van der Waals surface area contributed by atoms with Crippen LogP contribution in [0, 0.1) is 6.92 Å². The van der Waals surface area contributed by atoms with E-state index in [1.807, 2.05) is 6.92 Å². The number of rotatable bonds is 6. The first kappa shape index (κ1) is 21.0. The van der Waals surface area contributed by atoms with Crippen LogP contribution in [0.25, 0.3) is 11.3 Å². The van der Waals surface area contributed by atoms with Crippen LogP contribution in [-0.2, 0) is 21.2 Å². The largest absolute Gasteiger partial charge is 0.301 e. The average molecular weight is 422 g/mol. The Kier molecular flexibility index (Phi) is 6.52. The standard InChI is InChI=1S/C20H27N3O3S2/c1-4-7-15-9-11-16(12-10-15)18-14(2)27-20(21-18)22-19(24)17-8-5-6-13-23(17)28(3,25)26/h9-12,17H,4-8,13H2,1-3H3,(H,21,22,24). The van der Waals surface area contributed by atoms with E-state index in [1.54, 1.807) is 0 Å². The molecule has 1 atom stereocenters. The minimum Gasteiger partial charge on any atom is -0.301 e. The molecule has 8 heteroatoms. The third kappa shape index (κ3) is 4.79. The van der Waals surface area contributed by atoms with Crippen molar-refractivity contribution in [2.75, 3.05) is 18.1 Å². The molecule has 28 heavy (non-hydrogen) atoms. The second kappa shape index (κ2) is 8.71. The number of aromatic nitrogens is 1. The first-order valence-electron chi connectivity index (χ1n) is 9.64. The maximum absolute atomic E-state index is 12.7. The first-order chi connectivity index (χ1) is 13.3. The highest BCUT2D eigenvalue weighted by Crippen LogP contribution is 2.31. The molecule has 3 rings (SSSR count). The van der Waals surface area contributed by atoms with Gasteiger partial charge in [0.25, 0.3) is 0 Å². The van der Waals surface area contributed by atoms with Crippen molar-refractivity contribution in [3.05, 3.63) is 34.7 Å². The summed E-state index contributed by atoms with van der Waals surface area (Å²) < 4.78 is 25.3. The van der Waals surface area contributed by atoms with E-state index < -0.39 is 16.1 Å². The van der Waals surface area contributed by atoms with Gasteiger partial charge in [0.05, 0.1) is 11.9 Å². The molecule has 1 unspecified atom stereocenters. The van der Waals surface area contributed by atoms with Crippen LogP contribution in [0.15, 0.2) is 24.3 Å². The number of hydrogen-bond acceptors (Lipinski definition) is 5. The van der Waals surface area contributed by atoms with Gasteiger partial charge < -0.3 is 5.32 Å². The molecule has 1 N–H and O–H groups in total. The van der Waals surface area contributed by atoms with Gasteiger partial charge in [-0.05, 0) is 31.7 Å². The molecular weight excluding hydrogens is 394 g/mol. The minimum atomic E-state index is -3.41. The summed E-state index contributed by atoms with van der Waals surface area (Å²) in [5.74, 6) is -0.302. The number of carbonyl (C=O) groups is 1. The fourth-order valence-corrected chi connectivity index (χ4v) is 5.55. The van der Waals surface area contributed by atoms with Crippen molar-refractivity contribution in [3.8, 4) is 11.3 Å². The Morgan fingerprint density at radius 2 is 2.00 bits per heavy atom.